The molecule has 112 valence electrons. The molecule has 0 saturated carbocycles. The molecule has 1 aromatic carbocycles. The number of nitrogens with zero attached hydrogens (tertiary/aromatic N) is 1. The van der Waals surface area contributed by atoms with Crippen LogP contribution >= 0.6 is 0 Å². The van der Waals surface area contributed by atoms with Gasteiger partial charge >= 0.3 is 0 Å². The van der Waals surface area contributed by atoms with Crippen LogP contribution in [0.5, 0.6) is 0 Å². The molecule has 1 aliphatic rings. The lowest BCUT2D eigenvalue weighted by atomic mass is 9.82. The van der Waals surface area contributed by atoms with Gasteiger partial charge in [0.1, 0.15) is 0 Å². The smallest absolute Gasteiger partial charge is 0.0502 e. The minimum absolute atomic E-state index is 0.200. The lowest BCUT2D eigenvalue weighted by Crippen LogP contribution is -2.52. The Kier molecular flexibility index (Phi) is 4.87. The number of benzene rings is 1. The van der Waals surface area contributed by atoms with E-state index >= 15 is 0 Å². The summed E-state index contributed by atoms with van der Waals surface area (Å²) in [5.74, 6) is 0. The third kappa shape index (κ3) is 2.91. The first kappa shape index (κ1) is 15.5. The number of hydrogen-bond acceptors (Lipinski definition) is 2. The van der Waals surface area contributed by atoms with Crippen molar-refractivity contribution < 1.29 is 0 Å². The summed E-state index contributed by atoms with van der Waals surface area (Å²) < 4.78 is 0. The van der Waals surface area contributed by atoms with Crippen molar-refractivity contribution in [1.82, 2.24) is 10.2 Å². The van der Waals surface area contributed by atoms with Crippen LogP contribution in [0.25, 0.3) is 0 Å². The highest BCUT2D eigenvalue weighted by molar-refractivity contribution is 5.32. The molecular formula is C18H30N2. The van der Waals surface area contributed by atoms with E-state index in [-0.39, 0.29) is 5.54 Å². The zero-order chi connectivity index (χ0) is 14.8. The number of hydrogen-bond donors (Lipinski definition) is 1. The monoisotopic (exact) mass is 274 g/mol. The Morgan fingerprint density at radius 3 is 2.15 bits per heavy atom. The zero-order valence-electron chi connectivity index (χ0n) is 13.8. The van der Waals surface area contributed by atoms with Crippen LogP contribution in [0.15, 0.2) is 18.2 Å². The Morgan fingerprint density at radius 2 is 1.70 bits per heavy atom. The third-order valence-corrected chi connectivity index (χ3v) is 5.03. The van der Waals surface area contributed by atoms with E-state index in [1.807, 2.05) is 0 Å². The van der Waals surface area contributed by atoms with E-state index in [1.165, 1.54) is 49.0 Å². The summed E-state index contributed by atoms with van der Waals surface area (Å²) in [7, 11) is 2.10. The second-order valence-electron chi connectivity index (χ2n) is 6.55. The van der Waals surface area contributed by atoms with Crippen LogP contribution in [0.1, 0.15) is 55.8 Å². The van der Waals surface area contributed by atoms with Crippen LogP contribution in [-0.2, 0) is 0 Å². The highest BCUT2D eigenvalue weighted by Crippen LogP contribution is 2.36. The van der Waals surface area contributed by atoms with Gasteiger partial charge in [0.15, 0.2) is 0 Å². The van der Waals surface area contributed by atoms with Gasteiger partial charge in [0.05, 0.1) is 6.04 Å². The lowest BCUT2D eigenvalue weighted by molar-refractivity contribution is 0.0872. The normalized spacial score (nSPS) is 20.9. The van der Waals surface area contributed by atoms with Gasteiger partial charge in [-0.05, 0) is 65.7 Å². The van der Waals surface area contributed by atoms with Gasteiger partial charge in [0.25, 0.3) is 0 Å². The minimum Gasteiger partial charge on any atom is -0.311 e. The maximum atomic E-state index is 3.60. The Bertz CT molecular complexity index is 428. The summed E-state index contributed by atoms with van der Waals surface area (Å²) in [4.78, 5) is 2.69. The quantitative estimate of drug-likeness (QED) is 0.878. The van der Waals surface area contributed by atoms with Gasteiger partial charge in [-0.3, -0.25) is 4.90 Å². The van der Waals surface area contributed by atoms with Crippen molar-refractivity contribution in [2.45, 2.75) is 58.5 Å². The average Bonchev–Trinajstić information content (AvgIpc) is 2.92. The Hall–Kier alpha value is -0.860. The highest BCUT2D eigenvalue weighted by Gasteiger charge is 2.39. The van der Waals surface area contributed by atoms with Crippen LogP contribution in [0.2, 0.25) is 0 Å². The Morgan fingerprint density at radius 1 is 1.15 bits per heavy atom. The molecule has 0 aliphatic carbocycles. The number of aryl methyl sites for hydroxylation is 2. The molecule has 20 heavy (non-hydrogen) atoms. The zero-order valence-corrected chi connectivity index (χ0v) is 13.8. The van der Waals surface area contributed by atoms with Crippen molar-refractivity contribution in [2.75, 3.05) is 20.1 Å². The van der Waals surface area contributed by atoms with Gasteiger partial charge < -0.3 is 5.32 Å². The minimum atomic E-state index is 0.200. The molecule has 2 atom stereocenters. The van der Waals surface area contributed by atoms with Crippen LogP contribution in [-0.4, -0.2) is 30.6 Å². The van der Waals surface area contributed by atoms with E-state index in [9.17, 15) is 0 Å². The largest absolute Gasteiger partial charge is 0.311 e. The maximum Gasteiger partial charge on any atom is 0.0502 e. The summed E-state index contributed by atoms with van der Waals surface area (Å²) in [5, 5.41) is 3.60. The summed E-state index contributed by atoms with van der Waals surface area (Å²) in [6.07, 6.45) is 3.86. The molecule has 1 heterocycles. The van der Waals surface area contributed by atoms with Gasteiger partial charge in [0.2, 0.25) is 0 Å². The molecule has 0 aromatic heterocycles. The van der Waals surface area contributed by atoms with Crippen molar-refractivity contribution in [3.8, 4) is 0 Å². The van der Waals surface area contributed by atoms with Crippen molar-refractivity contribution in [1.29, 1.82) is 0 Å². The van der Waals surface area contributed by atoms with Crippen molar-refractivity contribution in [2.24, 2.45) is 0 Å². The Labute approximate surface area is 124 Å². The summed E-state index contributed by atoms with van der Waals surface area (Å²) >= 11 is 0. The Balaban J connectivity index is 2.37. The molecule has 2 unspecified atom stereocenters. The van der Waals surface area contributed by atoms with Gasteiger partial charge in [-0.25, -0.2) is 0 Å². The predicted molar refractivity (Wildman–Crippen MR) is 87.2 cm³/mol. The first-order valence-corrected chi connectivity index (χ1v) is 8.01. The molecule has 1 fully saturated rings. The summed E-state index contributed by atoms with van der Waals surface area (Å²) in [6, 6.07) is 7.34. The highest BCUT2D eigenvalue weighted by atomic mass is 15.2. The van der Waals surface area contributed by atoms with Gasteiger partial charge in [0, 0.05) is 5.54 Å². The molecule has 2 nitrogen and oxygen atoms in total. The average molecular weight is 274 g/mol. The molecule has 1 aliphatic heterocycles. The van der Waals surface area contributed by atoms with Crippen LogP contribution < -0.4 is 5.32 Å². The molecule has 0 radical (unpaired) electrons. The number of nitrogens with one attached hydrogen (secondary N) is 1. The van der Waals surface area contributed by atoms with Crippen molar-refractivity contribution in [3.05, 3.63) is 34.9 Å². The molecule has 0 spiro atoms. The van der Waals surface area contributed by atoms with E-state index in [0.717, 1.165) is 0 Å². The molecule has 1 saturated heterocycles. The predicted octanol–water partition coefficient (Wildman–Crippen LogP) is 3.83. The fraction of sp³-hybridized carbons (Fsp3) is 0.667. The van der Waals surface area contributed by atoms with E-state index in [4.69, 9.17) is 0 Å². The topological polar surface area (TPSA) is 15.3 Å². The van der Waals surface area contributed by atoms with E-state index in [2.05, 4.69) is 63.2 Å². The van der Waals surface area contributed by atoms with Crippen molar-refractivity contribution in [3.63, 3.8) is 0 Å². The molecule has 1 N–H and O–H groups in total. The molecule has 1 aromatic rings. The molecule has 2 heteroatoms. The standard InChI is InChI=1S/C18H30N2/c1-6-18(4,20-9-7-8-10-20)17(19-5)16-12-14(2)11-15(3)13-16/h11-13,17,19H,6-10H2,1-5H3. The van der Waals surface area contributed by atoms with E-state index in [0.29, 0.717) is 6.04 Å². The summed E-state index contributed by atoms with van der Waals surface area (Å²) in [5.41, 5.74) is 4.35. The molecule has 0 bridgehead atoms. The molecule has 2 rings (SSSR count). The third-order valence-electron chi connectivity index (χ3n) is 5.03. The van der Waals surface area contributed by atoms with Crippen LogP contribution in [0.3, 0.4) is 0 Å². The number of likely N-dealkylation sites (N-methyl/N-ethyl adjacent to an activating group) is 1. The summed E-state index contributed by atoms with van der Waals surface area (Å²) in [6.45, 7) is 11.6. The number of rotatable bonds is 5. The van der Waals surface area contributed by atoms with Gasteiger partial charge in [-0.2, -0.15) is 0 Å². The van der Waals surface area contributed by atoms with E-state index < -0.39 is 0 Å². The first-order valence-electron chi connectivity index (χ1n) is 8.01. The lowest BCUT2D eigenvalue weighted by Gasteiger charge is -2.45. The molecule has 0 amide bonds. The second-order valence-corrected chi connectivity index (χ2v) is 6.55. The fourth-order valence-electron chi connectivity index (χ4n) is 3.85. The fourth-order valence-corrected chi connectivity index (χ4v) is 3.85. The maximum absolute atomic E-state index is 3.60. The van der Waals surface area contributed by atoms with Gasteiger partial charge in [-0.15, -0.1) is 0 Å². The second kappa shape index (κ2) is 6.28. The molecular weight excluding hydrogens is 244 g/mol. The van der Waals surface area contributed by atoms with Crippen molar-refractivity contribution >= 4 is 0 Å². The van der Waals surface area contributed by atoms with E-state index in [1.54, 1.807) is 0 Å². The SMILES string of the molecule is CCC(C)(C(NC)c1cc(C)cc(C)c1)N1CCCC1. The first-order chi connectivity index (χ1) is 9.51. The van der Waals surface area contributed by atoms with Crippen LogP contribution in [0, 0.1) is 13.8 Å². The number of likely N-dealkylation sites (tertiary alicyclic amines) is 1. The van der Waals surface area contributed by atoms with Gasteiger partial charge in [-0.1, -0.05) is 36.2 Å². The van der Waals surface area contributed by atoms with Crippen LogP contribution in [0.4, 0.5) is 0 Å².